The fourth-order valence-electron chi connectivity index (χ4n) is 3.47. The van der Waals surface area contributed by atoms with Gasteiger partial charge in [-0.3, -0.25) is 0 Å². The summed E-state index contributed by atoms with van der Waals surface area (Å²) in [6, 6.07) is 0. The van der Waals surface area contributed by atoms with Gasteiger partial charge in [0.1, 0.15) is 5.76 Å². The zero-order chi connectivity index (χ0) is 23.3. The summed E-state index contributed by atoms with van der Waals surface area (Å²) in [5, 5.41) is 0.312. The topological polar surface area (TPSA) is 48.7 Å². The van der Waals surface area contributed by atoms with Gasteiger partial charge in [0.15, 0.2) is 16.6 Å². The van der Waals surface area contributed by atoms with Crippen molar-refractivity contribution in [2.45, 2.75) is 104 Å². The van der Waals surface area contributed by atoms with E-state index in [0.717, 1.165) is 29.7 Å². The molecule has 4 nitrogen and oxygen atoms in total. The van der Waals surface area contributed by atoms with Gasteiger partial charge in [-0.25, -0.2) is 4.79 Å². The molecule has 0 aliphatic heterocycles. The number of aryl methyl sites for hydroxylation is 1. The minimum Gasteiger partial charge on any atom is -0.428 e. The van der Waals surface area contributed by atoms with Crippen LogP contribution in [0.25, 0.3) is 0 Å². The molecule has 0 radical (unpaired) electrons. The quantitative estimate of drug-likeness (QED) is 0.469. The van der Waals surface area contributed by atoms with Gasteiger partial charge in [0.25, 0.3) is 0 Å². The Morgan fingerprint density at radius 1 is 0.833 bits per heavy atom. The third-order valence-corrected chi connectivity index (χ3v) is 16.9. The molecule has 0 unspecified atom stereocenters. The maximum atomic E-state index is 12.3. The molecule has 2 rings (SSSR count). The van der Waals surface area contributed by atoms with Crippen molar-refractivity contribution in [1.82, 2.24) is 0 Å². The second-order valence-electron chi connectivity index (χ2n) is 12.5. The van der Waals surface area contributed by atoms with E-state index in [0.29, 0.717) is 13.2 Å². The molecule has 1 heterocycles. The van der Waals surface area contributed by atoms with Crippen molar-refractivity contribution >= 4 is 16.6 Å². The van der Waals surface area contributed by atoms with E-state index in [1.807, 2.05) is 13.8 Å². The molecule has 172 valence electrons. The lowest BCUT2D eigenvalue weighted by Crippen LogP contribution is -2.48. The Balaban J connectivity index is 2.39. The first kappa shape index (κ1) is 25.6. The molecule has 0 bridgehead atoms. The van der Waals surface area contributed by atoms with Crippen LogP contribution in [-0.4, -0.2) is 29.8 Å². The van der Waals surface area contributed by atoms with Gasteiger partial charge in [0.2, 0.25) is 0 Å². The van der Waals surface area contributed by atoms with E-state index >= 15 is 0 Å². The Bertz CT molecular complexity index is 808. The van der Waals surface area contributed by atoms with Crippen LogP contribution in [0.3, 0.4) is 0 Å². The molecule has 0 spiro atoms. The van der Waals surface area contributed by atoms with Crippen molar-refractivity contribution in [2.75, 3.05) is 13.2 Å². The van der Waals surface area contributed by atoms with Crippen molar-refractivity contribution in [3.05, 3.63) is 32.9 Å². The van der Waals surface area contributed by atoms with Crippen molar-refractivity contribution in [2.24, 2.45) is 5.41 Å². The van der Waals surface area contributed by atoms with E-state index in [1.165, 1.54) is 5.56 Å². The highest BCUT2D eigenvalue weighted by atomic mass is 28.4. The Morgan fingerprint density at radius 2 is 1.23 bits per heavy atom. The molecule has 30 heavy (non-hydrogen) atoms. The summed E-state index contributed by atoms with van der Waals surface area (Å²) >= 11 is 0. The van der Waals surface area contributed by atoms with Crippen molar-refractivity contribution in [3.8, 4) is 0 Å². The van der Waals surface area contributed by atoms with E-state index in [-0.39, 0.29) is 21.1 Å². The van der Waals surface area contributed by atoms with Crippen LogP contribution in [-0.2, 0) is 21.7 Å². The predicted octanol–water partition coefficient (Wildman–Crippen LogP) is 6.39. The lowest BCUT2D eigenvalue weighted by Gasteiger charge is -2.42. The Hall–Kier alpha value is -0.696. The summed E-state index contributed by atoms with van der Waals surface area (Å²) in [6.45, 7) is 28.0. The van der Waals surface area contributed by atoms with Crippen LogP contribution >= 0.6 is 0 Å². The first-order chi connectivity index (χ1) is 13.3. The Labute approximate surface area is 186 Å². The molecule has 6 heteroatoms. The van der Waals surface area contributed by atoms with Gasteiger partial charge in [0.05, 0.1) is 0 Å². The van der Waals surface area contributed by atoms with Gasteiger partial charge in [0, 0.05) is 24.2 Å². The second-order valence-corrected chi connectivity index (χ2v) is 22.1. The molecular formula is C24H44O4Si2. The average Bonchev–Trinajstić information content (AvgIpc) is 2.96. The number of hydrogen-bond acceptors (Lipinski definition) is 4. The molecule has 0 aromatic carbocycles. The number of hydrogen-bond donors (Lipinski definition) is 0. The zero-order valence-electron chi connectivity index (χ0n) is 21.5. The van der Waals surface area contributed by atoms with Crippen LogP contribution < -0.4 is 5.63 Å². The van der Waals surface area contributed by atoms with Crippen LogP contribution in [0.15, 0.2) is 9.21 Å². The summed E-state index contributed by atoms with van der Waals surface area (Å²) < 4.78 is 19.0. The summed E-state index contributed by atoms with van der Waals surface area (Å²) in [4.78, 5) is 12.3. The largest absolute Gasteiger partial charge is 0.428 e. The highest BCUT2D eigenvalue weighted by Crippen LogP contribution is 2.45. The molecule has 0 atom stereocenters. The highest BCUT2D eigenvalue weighted by Gasteiger charge is 2.47. The monoisotopic (exact) mass is 452 g/mol. The minimum absolute atomic E-state index is 0.147. The SMILES string of the molecule is Cc1oc(=O)c(C)c2c1CC(CO[Si](C)(C)C(C)(C)C)(CO[Si](C)(C)C(C)(C)C)C2. The van der Waals surface area contributed by atoms with E-state index in [4.69, 9.17) is 13.3 Å². The maximum absolute atomic E-state index is 12.3. The summed E-state index contributed by atoms with van der Waals surface area (Å²) in [7, 11) is -3.80. The smallest absolute Gasteiger partial charge is 0.339 e. The lowest BCUT2D eigenvalue weighted by molar-refractivity contribution is 0.0729. The molecule has 1 aromatic rings. The molecule has 1 aliphatic rings. The van der Waals surface area contributed by atoms with Crippen molar-refractivity contribution in [1.29, 1.82) is 0 Å². The van der Waals surface area contributed by atoms with Crippen molar-refractivity contribution in [3.63, 3.8) is 0 Å². The number of rotatable bonds is 6. The van der Waals surface area contributed by atoms with E-state index in [9.17, 15) is 4.79 Å². The standard InChI is InChI=1S/C24H44O4Si2/c1-17-19-13-24(14-20(19)18(2)28-21(17)25,15-26-29(9,10)22(3,4)5)16-27-30(11,12)23(6,7)8/h13-16H2,1-12H3. The predicted molar refractivity (Wildman–Crippen MR) is 131 cm³/mol. The van der Waals surface area contributed by atoms with Gasteiger partial charge in [-0.1, -0.05) is 41.5 Å². The van der Waals surface area contributed by atoms with Crippen LogP contribution in [0.1, 0.15) is 64.0 Å². The minimum atomic E-state index is -1.90. The van der Waals surface area contributed by atoms with Gasteiger partial charge >= 0.3 is 5.63 Å². The normalized spacial score (nSPS) is 17.3. The Morgan fingerprint density at radius 3 is 1.63 bits per heavy atom. The van der Waals surface area contributed by atoms with Crippen molar-refractivity contribution < 1.29 is 13.3 Å². The molecule has 0 N–H and O–H groups in total. The van der Waals surface area contributed by atoms with Gasteiger partial charge in [-0.15, -0.1) is 0 Å². The fourth-order valence-corrected chi connectivity index (χ4v) is 5.67. The third-order valence-electron chi connectivity index (χ3n) is 7.99. The first-order valence-corrected chi connectivity index (χ1v) is 17.0. The fraction of sp³-hybridized carbons (Fsp3) is 0.792. The summed E-state index contributed by atoms with van der Waals surface area (Å²) in [6.07, 6.45) is 1.67. The summed E-state index contributed by atoms with van der Waals surface area (Å²) in [5.74, 6) is 0.752. The number of fused-ring (bicyclic) bond motifs is 1. The van der Waals surface area contributed by atoms with Gasteiger partial charge in [-0.2, -0.15) is 0 Å². The molecule has 0 saturated carbocycles. The Kier molecular flexibility index (Phi) is 6.83. The van der Waals surface area contributed by atoms with Crippen LogP contribution in [0, 0.1) is 19.3 Å². The summed E-state index contributed by atoms with van der Waals surface area (Å²) in [5.41, 5.74) is 2.73. The van der Waals surface area contributed by atoms with Crippen LogP contribution in [0.2, 0.25) is 36.3 Å². The van der Waals surface area contributed by atoms with E-state index in [1.54, 1.807) is 0 Å². The van der Waals surface area contributed by atoms with E-state index in [2.05, 4.69) is 67.7 Å². The first-order valence-electron chi connectivity index (χ1n) is 11.2. The van der Waals surface area contributed by atoms with Crippen LogP contribution in [0.5, 0.6) is 0 Å². The molecule has 0 amide bonds. The average molecular weight is 453 g/mol. The highest BCUT2D eigenvalue weighted by molar-refractivity contribution is 6.74. The van der Waals surface area contributed by atoms with Crippen LogP contribution in [0.4, 0.5) is 0 Å². The van der Waals surface area contributed by atoms with Gasteiger partial charge in [-0.05, 0) is 74.1 Å². The molecule has 0 saturated heterocycles. The maximum Gasteiger partial charge on any atom is 0.339 e. The van der Waals surface area contributed by atoms with E-state index < -0.39 is 16.6 Å². The molecule has 1 aliphatic carbocycles. The third kappa shape index (κ3) is 5.03. The molecule has 0 fully saturated rings. The molecular weight excluding hydrogens is 408 g/mol. The van der Waals surface area contributed by atoms with Gasteiger partial charge < -0.3 is 13.3 Å². The molecule has 1 aromatic heterocycles. The zero-order valence-corrected chi connectivity index (χ0v) is 23.5. The lowest BCUT2D eigenvalue weighted by atomic mass is 9.86. The second kappa shape index (κ2) is 8.02.